The largest absolute Gasteiger partial charge is 0.271 e. The van der Waals surface area contributed by atoms with Crippen LogP contribution < -0.4 is 5.43 Å². The first-order valence-corrected chi connectivity index (χ1v) is 6.52. The van der Waals surface area contributed by atoms with Crippen LogP contribution in [0.5, 0.6) is 0 Å². The number of hydrogen-bond donors (Lipinski definition) is 1. The molecule has 0 aliphatic carbocycles. The van der Waals surface area contributed by atoms with Gasteiger partial charge in [0.05, 0.1) is 17.9 Å². The zero-order valence-electron chi connectivity index (χ0n) is 10.2. The molecule has 6 nitrogen and oxygen atoms in total. The van der Waals surface area contributed by atoms with E-state index in [1.165, 1.54) is 0 Å². The Morgan fingerprint density at radius 1 is 1.20 bits per heavy atom. The maximum atomic E-state index is 11.8. The number of amides is 1. The second-order valence-electron chi connectivity index (χ2n) is 3.91. The molecular weight excluding hydrogens is 274 g/mol. The van der Waals surface area contributed by atoms with E-state index in [2.05, 4.69) is 24.3 Å². The van der Waals surface area contributed by atoms with Gasteiger partial charge in [0.1, 0.15) is 11.0 Å². The maximum absolute atomic E-state index is 11.8. The fraction of sp³-hybridized carbons (Fsp3) is 0. The summed E-state index contributed by atoms with van der Waals surface area (Å²) in [5.74, 6) is -0.285. The molecule has 0 fully saturated rings. The zero-order chi connectivity index (χ0) is 13.8. The first-order valence-electron chi connectivity index (χ1n) is 5.79. The number of benzene rings is 1. The minimum Gasteiger partial charge on any atom is -0.267 e. The smallest absolute Gasteiger partial charge is 0.267 e. The Kier molecular flexibility index (Phi) is 3.42. The summed E-state index contributed by atoms with van der Waals surface area (Å²) in [6, 6.07) is 8.86. The fourth-order valence-corrected chi connectivity index (χ4v) is 2.22. The van der Waals surface area contributed by atoms with Gasteiger partial charge in [-0.3, -0.25) is 9.78 Å². The molecule has 7 heteroatoms. The van der Waals surface area contributed by atoms with Gasteiger partial charge in [-0.1, -0.05) is 12.1 Å². The number of hydrogen-bond acceptors (Lipinski definition) is 6. The number of fused-ring (bicyclic) bond motifs is 1. The summed E-state index contributed by atoms with van der Waals surface area (Å²) in [5, 5.41) is 3.94. The summed E-state index contributed by atoms with van der Waals surface area (Å²) < 4.78 is 8.34. The first-order chi connectivity index (χ1) is 9.84. The van der Waals surface area contributed by atoms with Crippen molar-refractivity contribution in [2.75, 3.05) is 0 Å². The van der Waals surface area contributed by atoms with Crippen LogP contribution in [0.2, 0.25) is 0 Å². The Hall–Kier alpha value is -2.67. The Labute approximate surface area is 118 Å². The van der Waals surface area contributed by atoms with E-state index in [4.69, 9.17) is 0 Å². The predicted molar refractivity (Wildman–Crippen MR) is 76.7 cm³/mol. The van der Waals surface area contributed by atoms with Gasteiger partial charge in [0.25, 0.3) is 5.91 Å². The molecule has 1 amide bonds. The summed E-state index contributed by atoms with van der Waals surface area (Å²) >= 11 is 1.15. The molecule has 2 heterocycles. The number of pyridine rings is 1. The SMILES string of the molecule is O=C(N/N=C/c1cccc2nsnc12)c1ccncc1. The van der Waals surface area contributed by atoms with Gasteiger partial charge >= 0.3 is 0 Å². The Morgan fingerprint density at radius 2 is 2.05 bits per heavy atom. The lowest BCUT2D eigenvalue weighted by Crippen LogP contribution is -2.17. The molecule has 0 radical (unpaired) electrons. The maximum Gasteiger partial charge on any atom is 0.271 e. The second-order valence-corrected chi connectivity index (χ2v) is 4.44. The van der Waals surface area contributed by atoms with E-state index < -0.39 is 0 Å². The van der Waals surface area contributed by atoms with E-state index in [-0.39, 0.29) is 5.91 Å². The lowest BCUT2D eigenvalue weighted by Gasteiger charge is -1.98. The van der Waals surface area contributed by atoms with Crippen molar-refractivity contribution in [1.29, 1.82) is 0 Å². The predicted octanol–water partition coefficient (Wildman–Crippen LogP) is 1.85. The van der Waals surface area contributed by atoms with Crippen molar-refractivity contribution in [2.24, 2.45) is 5.10 Å². The van der Waals surface area contributed by atoms with Crippen molar-refractivity contribution in [3.63, 3.8) is 0 Å². The average molecular weight is 283 g/mol. The number of rotatable bonds is 3. The Morgan fingerprint density at radius 3 is 2.90 bits per heavy atom. The van der Waals surface area contributed by atoms with Crippen LogP contribution in [-0.4, -0.2) is 25.9 Å². The number of aromatic nitrogens is 3. The summed E-state index contributed by atoms with van der Waals surface area (Å²) in [5.41, 5.74) is 5.38. The van der Waals surface area contributed by atoms with Crippen LogP contribution in [0.25, 0.3) is 11.0 Å². The third-order valence-electron chi connectivity index (χ3n) is 2.63. The molecule has 20 heavy (non-hydrogen) atoms. The van der Waals surface area contributed by atoms with Gasteiger partial charge in [-0.2, -0.15) is 13.8 Å². The third-order valence-corrected chi connectivity index (χ3v) is 3.17. The Balaban J connectivity index is 1.75. The van der Waals surface area contributed by atoms with E-state index >= 15 is 0 Å². The van der Waals surface area contributed by atoms with Gasteiger partial charge in [-0.05, 0) is 18.2 Å². The van der Waals surface area contributed by atoms with E-state index in [1.54, 1.807) is 30.7 Å². The molecule has 3 aromatic rings. The summed E-state index contributed by atoms with van der Waals surface area (Å²) in [7, 11) is 0. The first kappa shape index (κ1) is 12.4. The summed E-state index contributed by atoms with van der Waals surface area (Å²) in [6.45, 7) is 0. The van der Waals surface area contributed by atoms with Crippen molar-refractivity contribution >= 4 is 34.9 Å². The van der Waals surface area contributed by atoms with Gasteiger partial charge in [0.15, 0.2) is 0 Å². The second kappa shape index (κ2) is 5.54. The van der Waals surface area contributed by atoms with Gasteiger partial charge in [0.2, 0.25) is 0 Å². The molecule has 1 aromatic carbocycles. The van der Waals surface area contributed by atoms with E-state index in [0.29, 0.717) is 5.56 Å². The van der Waals surface area contributed by atoms with Gasteiger partial charge in [-0.25, -0.2) is 5.43 Å². The van der Waals surface area contributed by atoms with Crippen LogP contribution in [0, 0.1) is 0 Å². The Bertz CT molecular complexity index is 769. The number of nitrogens with zero attached hydrogens (tertiary/aromatic N) is 4. The van der Waals surface area contributed by atoms with Gasteiger partial charge < -0.3 is 0 Å². The monoisotopic (exact) mass is 283 g/mol. The van der Waals surface area contributed by atoms with Crippen LogP contribution in [-0.2, 0) is 0 Å². The van der Waals surface area contributed by atoms with Crippen LogP contribution in [0.15, 0.2) is 47.8 Å². The normalized spacial score (nSPS) is 11.0. The van der Waals surface area contributed by atoms with E-state index in [1.807, 2.05) is 18.2 Å². The molecule has 0 spiro atoms. The van der Waals surface area contributed by atoms with Crippen LogP contribution in [0.3, 0.4) is 0 Å². The van der Waals surface area contributed by atoms with Crippen molar-refractivity contribution < 1.29 is 4.79 Å². The number of carbonyl (C=O) groups is 1. The quantitative estimate of drug-likeness (QED) is 0.587. The molecule has 0 atom stereocenters. The molecule has 2 aromatic heterocycles. The summed E-state index contributed by atoms with van der Waals surface area (Å²) in [6.07, 6.45) is 4.67. The number of hydrazone groups is 1. The van der Waals surface area contributed by atoms with Crippen LogP contribution in [0.1, 0.15) is 15.9 Å². The molecule has 0 unspecified atom stereocenters. The molecule has 0 aliphatic heterocycles. The summed E-state index contributed by atoms with van der Waals surface area (Å²) in [4.78, 5) is 15.6. The highest BCUT2D eigenvalue weighted by Crippen LogP contribution is 2.14. The molecule has 0 saturated heterocycles. The van der Waals surface area contributed by atoms with E-state index in [9.17, 15) is 4.79 Å². The lowest BCUT2D eigenvalue weighted by atomic mass is 10.2. The van der Waals surface area contributed by atoms with Gasteiger partial charge in [0, 0.05) is 23.5 Å². The standard InChI is InChI=1S/C13H9N5OS/c19-13(9-4-6-14-7-5-9)16-15-8-10-2-1-3-11-12(10)18-20-17-11/h1-8H,(H,16,19)/b15-8+. The van der Waals surface area contributed by atoms with Crippen molar-refractivity contribution in [3.05, 3.63) is 53.9 Å². The average Bonchev–Trinajstić information content (AvgIpc) is 2.97. The molecule has 0 saturated carbocycles. The highest BCUT2D eigenvalue weighted by atomic mass is 32.1. The molecule has 1 N–H and O–H groups in total. The number of nitrogens with one attached hydrogen (secondary N) is 1. The van der Waals surface area contributed by atoms with Crippen LogP contribution in [0.4, 0.5) is 0 Å². The van der Waals surface area contributed by atoms with E-state index in [0.717, 1.165) is 28.3 Å². The molecular formula is C13H9N5OS. The molecule has 0 aliphatic rings. The lowest BCUT2D eigenvalue weighted by molar-refractivity contribution is 0.0955. The number of carbonyl (C=O) groups excluding carboxylic acids is 1. The highest BCUT2D eigenvalue weighted by Gasteiger charge is 2.04. The van der Waals surface area contributed by atoms with Crippen molar-refractivity contribution in [2.45, 2.75) is 0 Å². The molecule has 98 valence electrons. The third kappa shape index (κ3) is 2.52. The zero-order valence-corrected chi connectivity index (χ0v) is 11.0. The minimum absolute atomic E-state index is 0.285. The topological polar surface area (TPSA) is 80.1 Å². The molecule has 0 bridgehead atoms. The van der Waals surface area contributed by atoms with Gasteiger partial charge in [-0.15, -0.1) is 0 Å². The van der Waals surface area contributed by atoms with Crippen molar-refractivity contribution in [3.8, 4) is 0 Å². The fourth-order valence-electron chi connectivity index (χ4n) is 1.66. The molecule has 3 rings (SSSR count). The highest BCUT2D eigenvalue weighted by molar-refractivity contribution is 7.00. The van der Waals surface area contributed by atoms with Crippen molar-refractivity contribution in [1.82, 2.24) is 19.2 Å². The minimum atomic E-state index is -0.285. The van der Waals surface area contributed by atoms with Crippen LogP contribution >= 0.6 is 11.7 Å².